The van der Waals surface area contributed by atoms with E-state index in [1.54, 1.807) is 26.4 Å². The first kappa shape index (κ1) is 21.1. The monoisotopic (exact) mass is 387 g/mol. The summed E-state index contributed by atoms with van der Waals surface area (Å²) in [4.78, 5) is 23.6. The number of benzene rings is 2. The fourth-order valence-corrected chi connectivity index (χ4v) is 2.59. The Bertz CT molecular complexity index is 813. The molecule has 0 spiro atoms. The van der Waals surface area contributed by atoms with Crippen LogP contribution in [0.4, 0.5) is 0 Å². The van der Waals surface area contributed by atoms with E-state index in [0.29, 0.717) is 17.2 Å². The maximum absolute atomic E-state index is 11.9. The zero-order chi connectivity index (χ0) is 20.5. The van der Waals surface area contributed by atoms with Crippen LogP contribution in [0.1, 0.15) is 16.7 Å². The van der Waals surface area contributed by atoms with Gasteiger partial charge in [-0.1, -0.05) is 12.1 Å². The lowest BCUT2D eigenvalue weighted by atomic mass is 10.1. The second kappa shape index (κ2) is 10.2. The van der Waals surface area contributed by atoms with Crippen molar-refractivity contribution in [2.45, 2.75) is 20.4 Å². The lowest BCUT2D eigenvalue weighted by Crippen LogP contribution is -2.29. The number of carbonyl (C=O) groups excluding carboxylic acids is 2. The third kappa shape index (κ3) is 6.50. The van der Waals surface area contributed by atoms with Crippen molar-refractivity contribution in [1.82, 2.24) is 5.32 Å². The molecule has 0 aliphatic rings. The summed E-state index contributed by atoms with van der Waals surface area (Å²) in [6.07, 6.45) is 0. The number of esters is 1. The Morgan fingerprint density at radius 3 is 2.21 bits per heavy atom. The van der Waals surface area contributed by atoms with Gasteiger partial charge in [-0.2, -0.15) is 0 Å². The fourth-order valence-electron chi connectivity index (χ4n) is 2.59. The van der Waals surface area contributed by atoms with Crippen molar-refractivity contribution in [2.24, 2.45) is 0 Å². The van der Waals surface area contributed by atoms with Crippen molar-refractivity contribution in [3.63, 3.8) is 0 Å². The van der Waals surface area contributed by atoms with Crippen LogP contribution in [0.2, 0.25) is 0 Å². The second-order valence-corrected chi connectivity index (χ2v) is 6.24. The van der Waals surface area contributed by atoms with Gasteiger partial charge in [0.15, 0.2) is 24.7 Å². The molecule has 7 heteroatoms. The average Bonchev–Trinajstić information content (AvgIpc) is 2.68. The Kier molecular flexibility index (Phi) is 7.68. The number of aryl methyl sites for hydroxylation is 2. The Hall–Kier alpha value is -3.22. The predicted octanol–water partition coefficient (Wildman–Crippen LogP) is 2.56. The molecule has 0 aromatic heterocycles. The van der Waals surface area contributed by atoms with Gasteiger partial charge in [0.05, 0.1) is 14.2 Å². The highest BCUT2D eigenvalue weighted by Gasteiger charge is 2.10. The number of hydrogen-bond acceptors (Lipinski definition) is 6. The van der Waals surface area contributed by atoms with E-state index in [0.717, 1.165) is 16.7 Å². The molecule has 150 valence electrons. The molecule has 0 heterocycles. The van der Waals surface area contributed by atoms with E-state index in [1.165, 1.54) is 0 Å². The maximum atomic E-state index is 11.9. The van der Waals surface area contributed by atoms with Crippen LogP contribution in [-0.2, 0) is 20.9 Å². The smallest absolute Gasteiger partial charge is 0.344 e. The summed E-state index contributed by atoms with van der Waals surface area (Å²) in [7, 11) is 3.09. The normalized spacial score (nSPS) is 10.1. The van der Waals surface area contributed by atoms with Crippen LogP contribution >= 0.6 is 0 Å². The van der Waals surface area contributed by atoms with Gasteiger partial charge in [-0.05, 0) is 54.8 Å². The Morgan fingerprint density at radius 2 is 1.57 bits per heavy atom. The molecule has 2 rings (SSSR count). The first-order chi connectivity index (χ1) is 13.4. The second-order valence-electron chi connectivity index (χ2n) is 6.24. The van der Waals surface area contributed by atoms with Gasteiger partial charge < -0.3 is 24.3 Å². The fraction of sp³-hybridized carbons (Fsp3) is 0.333. The largest absolute Gasteiger partial charge is 0.493 e. The molecule has 0 saturated carbocycles. The van der Waals surface area contributed by atoms with Crippen molar-refractivity contribution in [3.8, 4) is 17.2 Å². The van der Waals surface area contributed by atoms with Crippen molar-refractivity contribution >= 4 is 11.9 Å². The van der Waals surface area contributed by atoms with Crippen LogP contribution in [0.25, 0.3) is 0 Å². The van der Waals surface area contributed by atoms with Crippen LogP contribution in [-0.4, -0.2) is 39.3 Å². The van der Waals surface area contributed by atoms with Crippen molar-refractivity contribution in [3.05, 3.63) is 53.1 Å². The number of methoxy groups -OCH3 is 2. The zero-order valence-corrected chi connectivity index (χ0v) is 16.5. The van der Waals surface area contributed by atoms with E-state index in [4.69, 9.17) is 18.9 Å². The van der Waals surface area contributed by atoms with Crippen LogP contribution in [0.3, 0.4) is 0 Å². The lowest BCUT2D eigenvalue weighted by molar-refractivity contribution is -0.150. The highest BCUT2D eigenvalue weighted by molar-refractivity contribution is 5.80. The Labute approximate surface area is 164 Å². The van der Waals surface area contributed by atoms with E-state index >= 15 is 0 Å². The summed E-state index contributed by atoms with van der Waals surface area (Å²) in [6, 6.07) is 11.0. The summed E-state index contributed by atoms with van der Waals surface area (Å²) in [6.45, 7) is 3.53. The minimum Gasteiger partial charge on any atom is -0.493 e. The molecule has 2 aromatic carbocycles. The van der Waals surface area contributed by atoms with Gasteiger partial charge in [-0.25, -0.2) is 4.79 Å². The third-order valence-electron chi connectivity index (χ3n) is 3.85. The summed E-state index contributed by atoms with van der Waals surface area (Å²) in [5.74, 6) is 0.752. The molecule has 28 heavy (non-hydrogen) atoms. The Balaban J connectivity index is 1.73. The van der Waals surface area contributed by atoms with Crippen LogP contribution in [0.5, 0.6) is 17.2 Å². The van der Waals surface area contributed by atoms with Crippen molar-refractivity contribution in [2.75, 3.05) is 27.4 Å². The first-order valence-electron chi connectivity index (χ1n) is 8.75. The summed E-state index contributed by atoms with van der Waals surface area (Å²) >= 11 is 0. The predicted molar refractivity (Wildman–Crippen MR) is 104 cm³/mol. The molecule has 0 unspecified atom stereocenters. The molecule has 1 amide bonds. The molecule has 0 aliphatic heterocycles. The first-order valence-corrected chi connectivity index (χ1v) is 8.75. The zero-order valence-electron chi connectivity index (χ0n) is 16.5. The molecule has 0 fully saturated rings. The number of amides is 1. The van der Waals surface area contributed by atoms with E-state index in [2.05, 4.69) is 5.32 Å². The molecular formula is C21H25NO6. The van der Waals surface area contributed by atoms with Gasteiger partial charge in [0.25, 0.3) is 5.91 Å². The molecular weight excluding hydrogens is 362 g/mol. The van der Waals surface area contributed by atoms with Crippen LogP contribution in [0, 0.1) is 13.8 Å². The minimum atomic E-state index is -0.611. The number of hydrogen-bond donors (Lipinski definition) is 1. The molecule has 7 nitrogen and oxygen atoms in total. The number of ether oxygens (including phenoxy) is 4. The molecule has 2 aromatic rings. The van der Waals surface area contributed by atoms with Gasteiger partial charge in [-0.15, -0.1) is 0 Å². The summed E-state index contributed by atoms with van der Waals surface area (Å²) in [5, 5.41) is 2.68. The number of nitrogens with one attached hydrogen (secondary N) is 1. The minimum absolute atomic E-state index is 0.258. The topological polar surface area (TPSA) is 83.1 Å². The van der Waals surface area contributed by atoms with Gasteiger partial charge >= 0.3 is 5.97 Å². The van der Waals surface area contributed by atoms with E-state index in [9.17, 15) is 9.59 Å². The maximum Gasteiger partial charge on any atom is 0.344 e. The van der Waals surface area contributed by atoms with Crippen molar-refractivity contribution in [1.29, 1.82) is 0 Å². The highest BCUT2D eigenvalue weighted by atomic mass is 16.6. The molecule has 0 bridgehead atoms. The quantitative estimate of drug-likeness (QED) is 0.666. The van der Waals surface area contributed by atoms with Crippen LogP contribution in [0.15, 0.2) is 36.4 Å². The third-order valence-corrected chi connectivity index (χ3v) is 3.85. The molecule has 0 saturated heterocycles. The highest BCUT2D eigenvalue weighted by Crippen LogP contribution is 2.27. The lowest BCUT2D eigenvalue weighted by Gasteiger charge is -2.11. The average molecular weight is 387 g/mol. The summed E-state index contributed by atoms with van der Waals surface area (Å²) in [5.41, 5.74) is 2.91. The van der Waals surface area contributed by atoms with Gasteiger partial charge in [0.2, 0.25) is 0 Å². The molecule has 0 radical (unpaired) electrons. The van der Waals surface area contributed by atoms with E-state index < -0.39 is 11.9 Å². The molecule has 1 N–H and O–H groups in total. The molecule has 0 aliphatic carbocycles. The standard InChI is InChI=1S/C21H25NO6/c1-14-7-15(2)9-17(8-14)27-13-21(24)28-12-20(23)22-11-16-5-6-18(25-3)19(10-16)26-4/h5-10H,11-13H2,1-4H3,(H,22,23). The Morgan fingerprint density at radius 1 is 0.893 bits per heavy atom. The summed E-state index contributed by atoms with van der Waals surface area (Å²) < 4.78 is 20.7. The number of carbonyl (C=O) groups is 2. The van der Waals surface area contributed by atoms with Crippen LogP contribution < -0.4 is 19.5 Å². The SMILES string of the molecule is COc1ccc(CNC(=O)COC(=O)COc2cc(C)cc(C)c2)cc1OC. The van der Waals surface area contributed by atoms with E-state index in [1.807, 2.05) is 38.1 Å². The van der Waals surface area contributed by atoms with E-state index in [-0.39, 0.29) is 19.8 Å². The van der Waals surface area contributed by atoms with Gasteiger partial charge in [-0.3, -0.25) is 4.79 Å². The molecule has 0 atom stereocenters. The van der Waals surface area contributed by atoms with Gasteiger partial charge in [0, 0.05) is 6.54 Å². The van der Waals surface area contributed by atoms with Crippen molar-refractivity contribution < 1.29 is 28.5 Å². The number of rotatable bonds is 9. The van der Waals surface area contributed by atoms with Gasteiger partial charge in [0.1, 0.15) is 5.75 Å².